The maximum absolute atomic E-state index is 13.0. The number of hydrogen-bond donors (Lipinski definition) is 2. The zero-order valence-corrected chi connectivity index (χ0v) is 27.7. The number of likely N-dealkylation sites (N-methyl/N-ethyl adjacent to an activating group) is 2. The summed E-state index contributed by atoms with van der Waals surface area (Å²) in [5, 5.41) is 2.89. The summed E-state index contributed by atoms with van der Waals surface area (Å²) in [6, 6.07) is 1.88. The van der Waals surface area contributed by atoms with Gasteiger partial charge < -0.3 is 20.9 Å². The summed E-state index contributed by atoms with van der Waals surface area (Å²) < 4.78 is 12.4. The predicted molar refractivity (Wildman–Crippen MR) is 176 cm³/mol. The van der Waals surface area contributed by atoms with E-state index in [2.05, 4.69) is 16.4 Å². The van der Waals surface area contributed by atoms with Gasteiger partial charge in [0.25, 0.3) is 0 Å². The average molecular weight is 601 g/mol. The predicted octanol–water partition coefficient (Wildman–Crippen LogP) is 5.62. The van der Waals surface area contributed by atoms with Crippen molar-refractivity contribution in [2.45, 2.75) is 85.9 Å². The Balaban J connectivity index is 0.00000211. The maximum atomic E-state index is 13.0. The highest BCUT2D eigenvalue weighted by Gasteiger charge is 2.21. The van der Waals surface area contributed by atoms with Crippen molar-refractivity contribution >= 4 is 34.1 Å². The molecule has 0 saturated carbocycles. The number of nitrogens with zero attached hydrogens (tertiary/aromatic N) is 4. The lowest BCUT2D eigenvalue weighted by atomic mass is 10.0. The average Bonchev–Trinajstić information content (AvgIpc) is 3.40. The van der Waals surface area contributed by atoms with Gasteiger partial charge in [0.15, 0.2) is 0 Å². The summed E-state index contributed by atoms with van der Waals surface area (Å²) in [7, 11) is 0.611. The second-order valence-electron chi connectivity index (χ2n) is 9.63. The SMILES string of the molecule is CC.CC.CCN(CCN(C)C(=O)C1C=CC(Nc2nccc(C3=CC=C(S(=O)C(C)N)CCC3)n2)=CCC1)C(C)=O. The summed E-state index contributed by atoms with van der Waals surface area (Å²) in [5.41, 5.74) is 8.57. The molecule has 234 valence electrons. The molecule has 3 N–H and O–H groups in total. The molecule has 0 aromatic carbocycles. The molecule has 9 nitrogen and oxygen atoms in total. The normalized spacial score (nSPS) is 17.6. The van der Waals surface area contributed by atoms with Gasteiger partial charge in [0.05, 0.1) is 27.8 Å². The molecule has 0 bridgehead atoms. The molecule has 1 heterocycles. The first-order valence-electron chi connectivity index (χ1n) is 15.2. The Hall–Kier alpha value is -3.11. The summed E-state index contributed by atoms with van der Waals surface area (Å²) >= 11 is 0. The van der Waals surface area contributed by atoms with Gasteiger partial charge in [-0.15, -0.1) is 0 Å². The van der Waals surface area contributed by atoms with Crippen LogP contribution in [0.4, 0.5) is 5.95 Å². The largest absolute Gasteiger partial charge is 0.343 e. The van der Waals surface area contributed by atoms with E-state index in [0.29, 0.717) is 32.0 Å². The van der Waals surface area contributed by atoms with E-state index in [1.54, 1.807) is 36.9 Å². The lowest BCUT2D eigenvalue weighted by Crippen LogP contribution is -2.40. The summed E-state index contributed by atoms with van der Waals surface area (Å²) in [6.45, 7) is 14.9. The van der Waals surface area contributed by atoms with E-state index in [4.69, 9.17) is 10.7 Å². The number of aromatic nitrogens is 2. The Bertz CT molecular complexity index is 1160. The van der Waals surface area contributed by atoms with Crippen LogP contribution in [0.2, 0.25) is 0 Å². The molecular formula is C32H52N6O3S. The first-order chi connectivity index (χ1) is 20.2. The number of hydrogen-bond acceptors (Lipinski definition) is 7. The van der Waals surface area contributed by atoms with Gasteiger partial charge in [0.1, 0.15) is 0 Å². The van der Waals surface area contributed by atoms with Crippen LogP contribution < -0.4 is 11.1 Å². The van der Waals surface area contributed by atoms with E-state index in [9.17, 15) is 13.8 Å². The molecule has 0 fully saturated rings. The molecule has 0 spiro atoms. The van der Waals surface area contributed by atoms with Gasteiger partial charge in [0.2, 0.25) is 17.8 Å². The van der Waals surface area contributed by atoms with Crippen LogP contribution in [0.5, 0.6) is 0 Å². The first-order valence-corrected chi connectivity index (χ1v) is 16.5. The Morgan fingerprint density at radius 1 is 1.17 bits per heavy atom. The van der Waals surface area contributed by atoms with Crippen molar-refractivity contribution in [1.29, 1.82) is 0 Å². The van der Waals surface area contributed by atoms with Gasteiger partial charge >= 0.3 is 0 Å². The smallest absolute Gasteiger partial charge is 0.229 e. The molecule has 3 atom stereocenters. The third kappa shape index (κ3) is 11.6. The zero-order valence-electron chi connectivity index (χ0n) is 26.9. The van der Waals surface area contributed by atoms with Crippen LogP contribution in [-0.2, 0) is 20.4 Å². The zero-order chi connectivity index (χ0) is 31.7. The molecule has 3 unspecified atom stereocenters. The number of nitrogens with one attached hydrogen (secondary N) is 1. The van der Waals surface area contributed by atoms with Crippen LogP contribution in [0.1, 0.15) is 86.3 Å². The summed E-state index contributed by atoms with van der Waals surface area (Å²) in [5.74, 6) is 0.321. The highest BCUT2D eigenvalue weighted by atomic mass is 32.2. The van der Waals surface area contributed by atoms with Crippen molar-refractivity contribution in [3.8, 4) is 0 Å². The van der Waals surface area contributed by atoms with E-state index >= 15 is 0 Å². The maximum Gasteiger partial charge on any atom is 0.229 e. The molecule has 3 rings (SSSR count). The highest BCUT2D eigenvalue weighted by molar-refractivity contribution is 7.89. The molecule has 10 heteroatoms. The number of nitrogens with two attached hydrogens (primary N) is 1. The Morgan fingerprint density at radius 3 is 2.52 bits per heavy atom. The van der Waals surface area contributed by atoms with Crippen LogP contribution >= 0.6 is 0 Å². The standard InChI is InChI=1S/C28H40N6O3S.2C2H6/c1-5-34(21(3)35)19-18-33(4)27(36)23-9-6-10-24(14-12-23)31-28-30-17-16-26(32-28)22-8-7-11-25(15-13-22)38(37)20(2)29;2*1-2/h10,12-17,20,23H,5-9,11,18-19,29H2,1-4H3,(H,30,31,32);2*1-2H3. The quantitative estimate of drug-likeness (QED) is 0.357. The third-order valence-corrected chi connectivity index (χ3v) is 8.28. The van der Waals surface area contributed by atoms with Crippen molar-refractivity contribution in [2.75, 3.05) is 32.0 Å². The molecule has 2 aliphatic rings. The van der Waals surface area contributed by atoms with E-state index in [1.807, 2.05) is 65.0 Å². The lowest BCUT2D eigenvalue weighted by Gasteiger charge is -2.25. The van der Waals surface area contributed by atoms with Crippen LogP contribution in [0.25, 0.3) is 5.57 Å². The minimum atomic E-state index is -1.18. The fraction of sp³-hybridized carbons (Fsp3) is 0.562. The van der Waals surface area contributed by atoms with Crippen molar-refractivity contribution in [2.24, 2.45) is 11.7 Å². The highest BCUT2D eigenvalue weighted by Crippen LogP contribution is 2.27. The number of carbonyl (C=O) groups excluding carboxylic acids is 2. The number of amides is 2. The van der Waals surface area contributed by atoms with Crippen molar-refractivity contribution in [3.05, 3.63) is 58.9 Å². The van der Waals surface area contributed by atoms with Gasteiger partial charge in [0, 0.05) is 50.4 Å². The van der Waals surface area contributed by atoms with E-state index < -0.39 is 10.8 Å². The number of allylic oxidation sites excluding steroid dienone is 6. The van der Waals surface area contributed by atoms with Crippen LogP contribution in [0.15, 0.2) is 53.2 Å². The third-order valence-electron chi connectivity index (χ3n) is 6.75. The molecule has 1 aromatic heterocycles. The fourth-order valence-electron chi connectivity index (χ4n) is 4.46. The first kappa shape index (κ1) is 36.9. The fourth-order valence-corrected chi connectivity index (χ4v) is 5.49. The number of carbonyl (C=O) groups is 2. The summed E-state index contributed by atoms with van der Waals surface area (Å²) in [4.78, 5) is 38.0. The molecule has 0 radical (unpaired) electrons. The second kappa shape index (κ2) is 19.9. The Labute approximate surface area is 255 Å². The van der Waals surface area contributed by atoms with Crippen molar-refractivity contribution < 1.29 is 13.8 Å². The Kier molecular flexibility index (Phi) is 17.5. The molecule has 0 saturated heterocycles. The summed E-state index contributed by atoms with van der Waals surface area (Å²) in [6.07, 6.45) is 15.4. The second-order valence-corrected chi connectivity index (χ2v) is 11.5. The molecule has 2 amide bonds. The minimum Gasteiger partial charge on any atom is -0.343 e. The van der Waals surface area contributed by atoms with Crippen LogP contribution in [0.3, 0.4) is 0 Å². The number of rotatable bonds is 10. The molecular weight excluding hydrogens is 548 g/mol. The van der Waals surface area contributed by atoms with Crippen molar-refractivity contribution in [1.82, 2.24) is 19.8 Å². The van der Waals surface area contributed by atoms with Gasteiger partial charge in [-0.25, -0.2) is 9.97 Å². The van der Waals surface area contributed by atoms with Crippen LogP contribution in [0, 0.1) is 5.92 Å². The van der Waals surface area contributed by atoms with Gasteiger partial charge in [-0.3, -0.25) is 13.8 Å². The minimum absolute atomic E-state index is 0.0168. The van der Waals surface area contributed by atoms with Crippen LogP contribution in [-0.4, -0.2) is 67.8 Å². The molecule has 42 heavy (non-hydrogen) atoms. The molecule has 2 aliphatic carbocycles. The Morgan fingerprint density at radius 2 is 1.88 bits per heavy atom. The monoisotopic (exact) mass is 600 g/mol. The van der Waals surface area contributed by atoms with Crippen molar-refractivity contribution in [3.63, 3.8) is 0 Å². The van der Waals surface area contributed by atoms with Gasteiger partial charge in [-0.05, 0) is 69.7 Å². The number of anilines is 1. The van der Waals surface area contributed by atoms with E-state index in [1.165, 1.54) is 0 Å². The van der Waals surface area contributed by atoms with E-state index in [0.717, 1.165) is 47.6 Å². The lowest BCUT2D eigenvalue weighted by molar-refractivity contribution is -0.135. The molecule has 1 aromatic rings. The molecule has 0 aliphatic heterocycles. The topological polar surface area (TPSA) is 122 Å². The van der Waals surface area contributed by atoms with Gasteiger partial charge in [-0.1, -0.05) is 45.9 Å². The van der Waals surface area contributed by atoms with E-state index in [-0.39, 0.29) is 23.1 Å². The van der Waals surface area contributed by atoms with Gasteiger partial charge in [-0.2, -0.15) is 0 Å².